The molecule has 0 heterocycles. The van der Waals surface area contributed by atoms with Crippen molar-refractivity contribution >= 4 is 12.0 Å². The van der Waals surface area contributed by atoms with Crippen LogP contribution in [0.5, 0.6) is 0 Å². The molecule has 0 saturated carbocycles. The van der Waals surface area contributed by atoms with Crippen LogP contribution in [0.4, 0.5) is 0 Å². The summed E-state index contributed by atoms with van der Waals surface area (Å²) in [4.78, 5) is 10.8. The summed E-state index contributed by atoms with van der Waals surface area (Å²) in [5, 5.41) is 0. The third-order valence-corrected chi connectivity index (χ3v) is 3.48. The number of hydrogen-bond acceptors (Lipinski definition) is 2. The summed E-state index contributed by atoms with van der Waals surface area (Å²) in [5.74, 6) is 0.207. The van der Waals surface area contributed by atoms with E-state index in [1.807, 2.05) is 6.08 Å². The van der Waals surface area contributed by atoms with Crippen molar-refractivity contribution in [1.82, 2.24) is 0 Å². The predicted molar refractivity (Wildman–Crippen MR) is 95.7 cm³/mol. The Kier molecular flexibility index (Phi) is 11.8. The fourth-order valence-electron chi connectivity index (χ4n) is 1.86. The van der Waals surface area contributed by atoms with E-state index in [1.54, 1.807) is 0 Å². The average Bonchev–Trinajstić information content (AvgIpc) is 2.56. The Morgan fingerprint density at radius 1 is 1.23 bits per heavy atom. The molecule has 0 radical (unpaired) electrons. The number of benzene rings is 1. The van der Waals surface area contributed by atoms with E-state index in [0.29, 0.717) is 12.5 Å². The third-order valence-electron chi connectivity index (χ3n) is 3.48. The van der Waals surface area contributed by atoms with Crippen molar-refractivity contribution in [3.8, 4) is 0 Å². The lowest BCUT2D eigenvalue weighted by atomic mass is 10.0. The first-order chi connectivity index (χ1) is 10.6. The molecule has 0 spiro atoms. The number of ether oxygens (including phenoxy) is 1. The summed E-state index contributed by atoms with van der Waals surface area (Å²) >= 11 is 0. The molecule has 0 bridgehead atoms. The minimum absolute atomic E-state index is 0.310. The van der Waals surface area contributed by atoms with Gasteiger partial charge in [0, 0.05) is 6.08 Å². The van der Waals surface area contributed by atoms with Gasteiger partial charge in [-0.05, 0) is 24.8 Å². The first kappa shape index (κ1) is 20.2. The van der Waals surface area contributed by atoms with Gasteiger partial charge in [-0.2, -0.15) is 0 Å². The highest BCUT2D eigenvalue weighted by atomic mass is 16.5. The second kappa shape index (κ2) is 12.9. The highest BCUT2D eigenvalue weighted by Gasteiger charge is 2.07. The van der Waals surface area contributed by atoms with E-state index in [-0.39, 0.29) is 5.97 Å². The fourth-order valence-corrected chi connectivity index (χ4v) is 1.86. The van der Waals surface area contributed by atoms with Crippen LogP contribution < -0.4 is 0 Å². The fraction of sp³-hybridized carbons (Fsp3) is 0.450. The smallest absolute Gasteiger partial charge is 0.330 e. The number of carbonyl (C=O) groups excluding carboxylic acids is 1. The van der Waals surface area contributed by atoms with E-state index < -0.39 is 0 Å². The van der Waals surface area contributed by atoms with E-state index >= 15 is 0 Å². The maximum absolute atomic E-state index is 10.8. The van der Waals surface area contributed by atoms with Crippen LogP contribution >= 0.6 is 0 Å². The monoisotopic (exact) mass is 302 g/mol. The van der Waals surface area contributed by atoms with Gasteiger partial charge in [0.1, 0.15) is 0 Å². The third kappa shape index (κ3) is 9.98. The Hall–Kier alpha value is -1.83. The van der Waals surface area contributed by atoms with Gasteiger partial charge in [0.25, 0.3) is 0 Å². The molecule has 0 saturated heterocycles. The van der Waals surface area contributed by atoms with Crippen molar-refractivity contribution in [2.24, 2.45) is 5.92 Å². The van der Waals surface area contributed by atoms with Crippen LogP contribution in [0.3, 0.4) is 0 Å². The summed E-state index contributed by atoms with van der Waals surface area (Å²) in [6.07, 6.45) is 7.70. The molecule has 2 heteroatoms. The summed E-state index contributed by atoms with van der Waals surface area (Å²) in [6.45, 7) is 13.9. The SMILES string of the molecule is C=CC(=O)OCC(CC)CCCC.C=Cc1ccc(C)cc1. The highest BCUT2D eigenvalue weighted by molar-refractivity contribution is 5.81. The van der Waals surface area contributed by atoms with Gasteiger partial charge in [-0.25, -0.2) is 4.79 Å². The normalized spacial score (nSPS) is 10.9. The number of esters is 1. The van der Waals surface area contributed by atoms with Gasteiger partial charge in [-0.15, -0.1) is 0 Å². The number of unbranched alkanes of at least 4 members (excludes halogenated alkanes) is 1. The molecule has 1 aromatic rings. The summed E-state index contributed by atoms with van der Waals surface area (Å²) in [5.41, 5.74) is 2.47. The molecular formula is C20H30O2. The van der Waals surface area contributed by atoms with Crippen LogP contribution in [0.1, 0.15) is 50.7 Å². The standard InChI is InChI=1S/C11H20O2.C9H10/c1-4-7-8-10(5-2)9-13-11(12)6-3;1-3-9-6-4-8(2)5-7-9/h6,10H,3-5,7-9H2,1-2H3;3-7H,1H2,2H3. The lowest BCUT2D eigenvalue weighted by molar-refractivity contribution is -0.139. The molecule has 1 rings (SSSR count). The van der Waals surface area contributed by atoms with Crippen molar-refractivity contribution < 1.29 is 9.53 Å². The van der Waals surface area contributed by atoms with Gasteiger partial charge < -0.3 is 4.74 Å². The molecule has 1 aromatic carbocycles. The van der Waals surface area contributed by atoms with Gasteiger partial charge in [-0.1, -0.05) is 82.2 Å². The second-order valence-corrected chi connectivity index (χ2v) is 5.37. The molecule has 1 unspecified atom stereocenters. The van der Waals surface area contributed by atoms with Crippen molar-refractivity contribution in [2.45, 2.75) is 46.5 Å². The zero-order chi connectivity index (χ0) is 16.8. The molecule has 0 aliphatic heterocycles. The lowest BCUT2D eigenvalue weighted by Crippen LogP contribution is -2.12. The topological polar surface area (TPSA) is 26.3 Å². The first-order valence-corrected chi connectivity index (χ1v) is 8.05. The average molecular weight is 302 g/mol. The quantitative estimate of drug-likeness (QED) is 0.463. The molecule has 0 aliphatic carbocycles. The lowest BCUT2D eigenvalue weighted by Gasteiger charge is -2.13. The van der Waals surface area contributed by atoms with E-state index in [0.717, 1.165) is 12.8 Å². The van der Waals surface area contributed by atoms with Gasteiger partial charge in [0.05, 0.1) is 6.61 Å². The molecule has 0 fully saturated rings. The van der Waals surface area contributed by atoms with Gasteiger partial charge in [0.2, 0.25) is 0 Å². The Labute approximate surface area is 135 Å². The number of aryl methyl sites for hydroxylation is 1. The molecule has 0 aromatic heterocycles. The molecule has 0 amide bonds. The van der Waals surface area contributed by atoms with Crippen LogP contribution in [0.15, 0.2) is 43.5 Å². The number of rotatable bonds is 8. The minimum Gasteiger partial charge on any atom is -0.462 e. The zero-order valence-electron chi connectivity index (χ0n) is 14.3. The molecule has 1 atom stereocenters. The highest BCUT2D eigenvalue weighted by Crippen LogP contribution is 2.12. The summed E-state index contributed by atoms with van der Waals surface area (Å²) < 4.78 is 4.98. The van der Waals surface area contributed by atoms with Gasteiger partial charge >= 0.3 is 5.97 Å². The number of hydrogen-bond donors (Lipinski definition) is 0. The Morgan fingerprint density at radius 2 is 1.86 bits per heavy atom. The second-order valence-electron chi connectivity index (χ2n) is 5.37. The molecule has 122 valence electrons. The minimum atomic E-state index is -0.310. The Morgan fingerprint density at radius 3 is 2.32 bits per heavy atom. The molecule has 0 N–H and O–H groups in total. The summed E-state index contributed by atoms with van der Waals surface area (Å²) in [6, 6.07) is 8.28. The first-order valence-electron chi connectivity index (χ1n) is 8.05. The van der Waals surface area contributed by atoms with E-state index in [9.17, 15) is 4.79 Å². The molecule has 0 aliphatic rings. The maximum Gasteiger partial charge on any atom is 0.330 e. The van der Waals surface area contributed by atoms with Gasteiger partial charge in [0.15, 0.2) is 0 Å². The largest absolute Gasteiger partial charge is 0.462 e. The van der Waals surface area contributed by atoms with Crippen molar-refractivity contribution in [3.05, 3.63) is 54.6 Å². The van der Waals surface area contributed by atoms with Crippen molar-refractivity contribution in [3.63, 3.8) is 0 Å². The molecule has 22 heavy (non-hydrogen) atoms. The predicted octanol–water partition coefficient (Wildman–Crippen LogP) is 5.57. The van der Waals surface area contributed by atoms with Crippen molar-refractivity contribution in [1.29, 1.82) is 0 Å². The van der Waals surface area contributed by atoms with E-state index in [1.165, 1.54) is 30.0 Å². The Balaban J connectivity index is 0.000000425. The van der Waals surface area contributed by atoms with E-state index in [4.69, 9.17) is 4.74 Å². The van der Waals surface area contributed by atoms with E-state index in [2.05, 4.69) is 58.2 Å². The molecule has 2 nitrogen and oxygen atoms in total. The van der Waals surface area contributed by atoms with Crippen LogP contribution in [0.2, 0.25) is 0 Å². The van der Waals surface area contributed by atoms with Crippen LogP contribution in [0, 0.1) is 12.8 Å². The Bertz CT molecular complexity index is 432. The van der Waals surface area contributed by atoms with Crippen LogP contribution in [0.25, 0.3) is 6.08 Å². The van der Waals surface area contributed by atoms with Gasteiger partial charge in [-0.3, -0.25) is 0 Å². The zero-order valence-corrected chi connectivity index (χ0v) is 14.3. The van der Waals surface area contributed by atoms with Crippen molar-refractivity contribution in [2.75, 3.05) is 6.61 Å². The molecular weight excluding hydrogens is 272 g/mol. The van der Waals surface area contributed by atoms with Crippen LogP contribution in [-0.4, -0.2) is 12.6 Å². The number of carbonyl (C=O) groups is 1. The van der Waals surface area contributed by atoms with Crippen LogP contribution in [-0.2, 0) is 9.53 Å². The summed E-state index contributed by atoms with van der Waals surface area (Å²) in [7, 11) is 0. The maximum atomic E-state index is 10.8.